The lowest BCUT2D eigenvalue weighted by molar-refractivity contribution is -0.134. The van der Waals surface area contributed by atoms with Crippen molar-refractivity contribution in [1.29, 1.82) is 0 Å². The lowest BCUT2D eigenvalue weighted by Crippen LogP contribution is -2.44. The minimum Gasteiger partial charge on any atom is -0.381 e. The van der Waals surface area contributed by atoms with Gasteiger partial charge in [0, 0.05) is 17.9 Å². The highest BCUT2D eigenvalue weighted by Gasteiger charge is 2.41. The van der Waals surface area contributed by atoms with Crippen LogP contribution in [0.4, 0.5) is 0 Å². The average Bonchev–Trinajstić information content (AvgIpc) is 2.82. The predicted octanol–water partition coefficient (Wildman–Crippen LogP) is 1.37. The van der Waals surface area contributed by atoms with Crippen LogP contribution in [0.15, 0.2) is 0 Å². The van der Waals surface area contributed by atoms with Gasteiger partial charge in [-0.05, 0) is 38.8 Å². The normalized spacial score (nSPS) is 30.3. The van der Waals surface area contributed by atoms with Crippen molar-refractivity contribution in [3.63, 3.8) is 0 Å². The van der Waals surface area contributed by atoms with E-state index in [1.54, 1.807) is 0 Å². The van der Waals surface area contributed by atoms with Crippen LogP contribution < -0.4 is 5.32 Å². The van der Waals surface area contributed by atoms with Crippen LogP contribution in [0.3, 0.4) is 0 Å². The molecule has 0 bridgehead atoms. The minimum atomic E-state index is -0.0381. The molecular weight excluding hydrogens is 190 g/mol. The first-order chi connectivity index (χ1) is 7.28. The van der Waals surface area contributed by atoms with Crippen molar-refractivity contribution in [2.45, 2.75) is 32.6 Å². The van der Waals surface area contributed by atoms with Gasteiger partial charge in [-0.3, -0.25) is 4.79 Å². The molecule has 0 amide bonds. The summed E-state index contributed by atoms with van der Waals surface area (Å²) < 4.78 is 5.32. The quantitative estimate of drug-likeness (QED) is 0.766. The third-order valence-electron chi connectivity index (χ3n) is 4.06. The maximum absolute atomic E-state index is 12.4. The first-order valence-electron chi connectivity index (χ1n) is 6.11. The fraction of sp³-hybridized carbons (Fsp3) is 0.917. The Kier molecular flexibility index (Phi) is 3.42. The topological polar surface area (TPSA) is 38.3 Å². The number of Topliss-reactive ketones (excluding diaryl/α,β-unsaturated/α-hetero) is 1. The van der Waals surface area contributed by atoms with E-state index in [4.69, 9.17) is 4.74 Å². The highest BCUT2D eigenvalue weighted by molar-refractivity contribution is 5.87. The summed E-state index contributed by atoms with van der Waals surface area (Å²) in [6.07, 6.45) is 3.95. The molecule has 86 valence electrons. The Morgan fingerprint density at radius 3 is 2.73 bits per heavy atom. The second-order valence-electron chi connectivity index (χ2n) is 4.81. The Morgan fingerprint density at radius 1 is 1.47 bits per heavy atom. The van der Waals surface area contributed by atoms with Crippen molar-refractivity contribution in [3.8, 4) is 0 Å². The number of nitrogens with one attached hydrogen (secondary N) is 1. The average molecular weight is 211 g/mol. The Hall–Kier alpha value is -0.410. The van der Waals surface area contributed by atoms with Gasteiger partial charge in [-0.25, -0.2) is 0 Å². The lowest BCUT2D eigenvalue weighted by Gasteiger charge is -2.37. The van der Waals surface area contributed by atoms with Gasteiger partial charge in [0.25, 0.3) is 0 Å². The van der Waals surface area contributed by atoms with Crippen molar-refractivity contribution >= 4 is 5.78 Å². The van der Waals surface area contributed by atoms with Crippen LogP contribution in [0.2, 0.25) is 0 Å². The zero-order chi connectivity index (χ0) is 10.7. The highest BCUT2D eigenvalue weighted by atomic mass is 16.5. The van der Waals surface area contributed by atoms with E-state index in [-0.39, 0.29) is 11.3 Å². The molecule has 0 aromatic rings. The molecule has 2 aliphatic heterocycles. The van der Waals surface area contributed by atoms with E-state index in [1.165, 1.54) is 0 Å². The number of hydrogen-bond donors (Lipinski definition) is 1. The monoisotopic (exact) mass is 211 g/mol. The molecule has 0 saturated carbocycles. The van der Waals surface area contributed by atoms with E-state index in [1.807, 2.05) is 0 Å². The molecule has 0 radical (unpaired) electrons. The van der Waals surface area contributed by atoms with E-state index in [9.17, 15) is 4.79 Å². The fourth-order valence-corrected chi connectivity index (χ4v) is 2.85. The van der Waals surface area contributed by atoms with Crippen LogP contribution in [-0.4, -0.2) is 32.1 Å². The number of piperidine rings is 1. The zero-order valence-electron chi connectivity index (χ0n) is 9.55. The Morgan fingerprint density at radius 2 is 2.20 bits per heavy atom. The fourth-order valence-electron chi connectivity index (χ4n) is 2.85. The lowest BCUT2D eigenvalue weighted by atomic mass is 9.69. The Labute approximate surface area is 91.6 Å². The number of hydrogen-bond acceptors (Lipinski definition) is 3. The summed E-state index contributed by atoms with van der Waals surface area (Å²) in [4.78, 5) is 12.4. The summed E-state index contributed by atoms with van der Waals surface area (Å²) in [5.41, 5.74) is -0.0381. The molecule has 15 heavy (non-hydrogen) atoms. The molecule has 2 rings (SSSR count). The number of carbonyl (C=O) groups is 1. The summed E-state index contributed by atoms with van der Waals surface area (Å²) in [6, 6.07) is 0. The molecule has 2 fully saturated rings. The molecule has 2 saturated heterocycles. The Balaban J connectivity index is 2.06. The minimum absolute atomic E-state index is 0.0381. The van der Waals surface area contributed by atoms with Gasteiger partial charge in [-0.2, -0.15) is 0 Å². The van der Waals surface area contributed by atoms with Crippen molar-refractivity contribution in [1.82, 2.24) is 5.32 Å². The second kappa shape index (κ2) is 4.62. The largest absolute Gasteiger partial charge is 0.381 e. The van der Waals surface area contributed by atoms with Crippen molar-refractivity contribution in [2.75, 3.05) is 26.3 Å². The van der Waals surface area contributed by atoms with Crippen molar-refractivity contribution in [3.05, 3.63) is 0 Å². The highest BCUT2D eigenvalue weighted by Crippen LogP contribution is 2.37. The molecule has 2 aliphatic rings. The molecule has 0 aliphatic carbocycles. The van der Waals surface area contributed by atoms with E-state index in [0.29, 0.717) is 12.4 Å². The van der Waals surface area contributed by atoms with E-state index >= 15 is 0 Å². The summed E-state index contributed by atoms with van der Waals surface area (Å²) in [5.74, 6) is 0.659. The van der Waals surface area contributed by atoms with Gasteiger partial charge in [-0.1, -0.05) is 6.92 Å². The molecular formula is C12H21NO2. The first kappa shape index (κ1) is 11.1. The molecule has 0 aromatic carbocycles. The van der Waals surface area contributed by atoms with Crippen LogP contribution in [-0.2, 0) is 9.53 Å². The van der Waals surface area contributed by atoms with Crippen molar-refractivity contribution in [2.24, 2.45) is 11.3 Å². The zero-order valence-corrected chi connectivity index (χ0v) is 9.55. The van der Waals surface area contributed by atoms with E-state index in [0.717, 1.165) is 45.4 Å². The summed E-state index contributed by atoms with van der Waals surface area (Å²) in [7, 11) is 0. The van der Waals surface area contributed by atoms with E-state index in [2.05, 4.69) is 12.2 Å². The molecule has 0 aromatic heterocycles. The van der Waals surface area contributed by atoms with Gasteiger partial charge in [-0.15, -0.1) is 0 Å². The maximum Gasteiger partial charge on any atom is 0.144 e. The molecule has 2 heterocycles. The number of carbonyl (C=O) groups excluding carboxylic acids is 1. The summed E-state index contributed by atoms with van der Waals surface area (Å²) in [6.45, 7) is 5.57. The molecule has 3 nitrogen and oxygen atoms in total. The van der Waals surface area contributed by atoms with Gasteiger partial charge >= 0.3 is 0 Å². The molecule has 1 atom stereocenters. The third kappa shape index (κ3) is 2.08. The maximum atomic E-state index is 12.4. The molecule has 1 unspecified atom stereocenters. The van der Waals surface area contributed by atoms with Crippen molar-refractivity contribution < 1.29 is 9.53 Å². The van der Waals surface area contributed by atoms with Crippen LogP contribution in [0.25, 0.3) is 0 Å². The van der Waals surface area contributed by atoms with Gasteiger partial charge in [0.15, 0.2) is 0 Å². The smallest absolute Gasteiger partial charge is 0.144 e. The van der Waals surface area contributed by atoms with Gasteiger partial charge < -0.3 is 10.1 Å². The third-order valence-corrected chi connectivity index (χ3v) is 4.06. The standard InChI is InChI=1S/C12H21NO2/c1-2-12(4-6-13-7-5-12)11(14)10-3-8-15-9-10/h10,13H,2-9H2,1H3. The number of ketones is 1. The Bertz CT molecular complexity index is 228. The van der Waals surface area contributed by atoms with Crippen LogP contribution in [0, 0.1) is 11.3 Å². The van der Waals surface area contributed by atoms with Gasteiger partial charge in [0.2, 0.25) is 0 Å². The SMILES string of the molecule is CCC1(C(=O)C2CCOC2)CCNCC1. The predicted molar refractivity (Wildman–Crippen MR) is 58.8 cm³/mol. The van der Waals surface area contributed by atoms with Gasteiger partial charge in [0.05, 0.1) is 6.61 Å². The summed E-state index contributed by atoms with van der Waals surface area (Å²) in [5, 5.41) is 3.34. The second-order valence-corrected chi connectivity index (χ2v) is 4.81. The molecule has 3 heteroatoms. The number of ether oxygens (including phenoxy) is 1. The van der Waals surface area contributed by atoms with Crippen LogP contribution in [0.1, 0.15) is 32.6 Å². The van der Waals surface area contributed by atoms with E-state index < -0.39 is 0 Å². The number of rotatable bonds is 3. The van der Waals surface area contributed by atoms with Crippen LogP contribution in [0.5, 0.6) is 0 Å². The first-order valence-corrected chi connectivity index (χ1v) is 6.11. The molecule has 0 spiro atoms. The molecule has 1 N–H and O–H groups in total. The van der Waals surface area contributed by atoms with Gasteiger partial charge in [0.1, 0.15) is 5.78 Å². The summed E-state index contributed by atoms with van der Waals surface area (Å²) >= 11 is 0. The van der Waals surface area contributed by atoms with Crippen LogP contribution >= 0.6 is 0 Å².